The van der Waals surface area contributed by atoms with Gasteiger partial charge < -0.3 is 9.84 Å². The van der Waals surface area contributed by atoms with Crippen LogP contribution in [0, 0.1) is 12.8 Å². The highest BCUT2D eigenvalue weighted by Crippen LogP contribution is 2.24. The van der Waals surface area contributed by atoms with Crippen LogP contribution in [0.2, 0.25) is 0 Å². The molecule has 90 valence electrons. The molecule has 1 unspecified atom stereocenters. The molecule has 0 amide bonds. The Bertz CT molecular complexity index is 333. The maximum Gasteiger partial charge on any atom is 0.0942 e. The quantitative estimate of drug-likeness (QED) is 0.829. The van der Waals surface area contributed by atoms with Crippen LogP contribution in [0.4, 0.5) is 0 Å². The lowest BCUT2D eigenvalue weighted by Gasteiger charge is -2.32. The van der Waals surface area contributed by atoms with E-state index in [0.29, 0.717) is 13.0 Å². The van der Waals surface area contributed by atoms with Gasteiger partial charge in [-0.2, -0.15) is 0 Å². The Hall–Kier alpha value is -0.860. The number of aryl methyl sites for hydroxylation is 1. The van der Waals surface area contributed by atoms with Gasteiger partial charge in [0.2, 0.25) is 0 Å². The minimum atomic E-state index is -0.777. The van der Waals surface area contributed by atoms with Gasteiger partial charge >= 0.3 is 0 Å². The molecule has 2 heteroatoms. The Morgan fingerprint density at radius 1 is 1.31 bits per heavy atom. The normalized spacial score (nSPS) is 15.1. The summed E-state index contributed by atoms with van der Waals surface area (Å²) in [6.45, 7) is 6.50. The standard InChI is InChI=1S/C14H22O2/c1-11(2)14(15,10-16-4)9-13-8-6-5-7-12(13)3/h5-8,11,15H,9-10H2,1-4H3. The van der Waals surface area contributed by atoms with Crippen LogP contribution < -0.4 is 0 Å². The summed E-state index contributed by atoms with van der Waals surface area (Å²) in [6.07, 6.45) is 0.644. The Labute approximate surface area is 98.3 Å². The smallest absolute Gasteiger partial charge is 0.0942 e. The number of hydrogen-bond donors (Lipinski definition) is 1. The lowest BCUT2D eigenvalue weighted by molar-refractivity contribution is -0.0638. The number of aliphatic hydroxyl groups is 1. The molecule has 0 heterocycles. The predicted octanol–water partition coefficient (Wildman–Crippen LogP) is 2.57. The van der Waals surface area contributed by atoms with Crippen molar-refractivity contribution in [3.63, 3.8) is 0 Å². The zero-order valence-corrected chi connectivity index (χ0v) is 10.7. The Kier molecular flexibility index (Phi) is 4.51. The average Bonchev–Trinajstić information content (AvgIpc) is 2.21. The summed E-state index contributed by atoms with van der Waals surface area (Å²) in [5, 5.41) is 10.5. The van der Waals surface area contributed by atoms with Crippen molar-refractivity contribution >= 4 is 0 Å². The minimum Gasteiger partial charge on any atom is -0.387 e. The van der Waals surface area contributed by atoms with Gasteiger partial charge in [0.15, 0.2) is 0 Å². The van der Waals surface area contributed by atoms with Gasteiger partial charge in [-0.15, -0.1) is 0 Å². The summed E-state index contributed by atoms with van der Waals surface area (Å²) in [7, 11) is 1.63. The SMILES string of the molecule is COCC(O)(Cc1ccccc1C)C(C)C. The molecule has 1 atom stereocenters. The van der Waals surface area contributed by atoms with Gasteiger partial charge in [-0.25, -0.2) is 0 Å². The largest absolute Gasteiger partial charge is 0.387 e. The summed E-state index contributed by atoms with van der Waals surface area (Å²) < 4.78 is 5.13. The van der Waals surface area contributed by atoms with Crippen molar-refractivity contribution in [3.05, 3.63) is 35.4 Å². The molecule has 0 saturated heterocycles. The summed E-state index contributed by atoms with van der Waals surface area (Å²) in [4.78, 5) is 0. The fraction of sp³-hybridized carbons (Fsp3) is 0.571. The van der Waals surface area contributed by atoms with Crippen LogP contribution in [0.1, 0.15) is 25.0 Å². The molecule has 0 bridgehead atoms. The first-order valence-electron chi connectivity index (χ1n) is 5.75. The minimum absolute atomic E-state index is 0.173. The number of methoxy groups -OCH3 is 1. The first-order valence-corrected chi connectivity index (χ1v) is 5.75. The van der Waals surface area contributed by atoms with Crippen molar-refractivity contribution in [2.75, 3.05) is 13.7 Å². The van der Waals surface area contributed by atoms with Gasteiger partial charge in [0.1, 0.15) is 0 Å². The highest BCUT2D eigenvalue weighted by molar-refractivity contribution is 5.27. The summed E-state index contributed by atoms with van der Waals surface area (Å²) in [6, 6.07) is 8.17. The molecule has 1 N–H and O–H groups in total. The van der Waals surface area contributed by atoms with E-state index in [0.717, 1.165) is 0 Å². The average molecular weight is 222 g/mol. The second-order valence-electron chi connectivity index (χ2n) is 4.79. The maximum atomic E-state index is 10.5. The van der Waals surface area contributed by atoms with Crippen LogP contribution in [0.15, 0.2) is 24.3 Å². The van der Waals surface area contributed by atoms with Crippen LogP contribution in [0.25, 0.3) is 0 Å². The summed E-state index contributed by atoms with van der Waals surface area (Å²) >= 11 is 0. The molecule has 0 aliphatic heterocycles. The Balaban J connectivity index is 2.88. The van der Waals surface area contributed by atoms with E-state index in [9.17, 15) is 5.11 Å². The molecule has 0 aliphatic rings. The van der Waals surface area contributed by atoms with Crippen LogP contribution in [0.3, 0.4) is 0 Å². The molecule has 0 saturated carbocycles. The summed E-state index contributed by atoms with van der Waals surface area (Å²) in [5.41, 5.74) is 1.63. The molecule has 0 aliphatic carbocycles. The van der Waals surface area contributed by atoms with E-state index in [1.807, 2.05) is 26.0 Å². The van der Waals surface area contributed by atoms with Crippen LogP contribution in [-0.4, -0.2) is 24.4 Å². The van der Waals surface area contributed by atoms with Crippen LogP contribution in [0.5, 0.6) is 0 Å². The molecule has 0 aromatic heterocycles. The number of hydrogen-bond acceptors (Lipinski definition) is 2. The monoisotopic (exact) mass is 222 g/mol. The van der Waals surface area contributed by atoms with Crippen LogP contribution >= 0.6 is 0 Å². The van der Waals surface area contributed by atoms with Crippen molar-refractivity contribution < 1.29 is 9.84 Å². The fourth-order valence-electron chi connectivity index (χ4n) is 1.81. The van der Waals surface area contributed by atoms with Gasteiger partial charge in [-0.3, -0.25) is 0 Å². The molecule has 0 fully saturated rings. The topological polar surface area (TPSA) is 29.5 Å². The van der Waals surface area contributed by atoms with Gasteiger partial charge in [0.25, 0.3) is 0 Å². The van der Waals surface area contributed by atoms with Crippen molar-refractivity contribution in [2.45, 2.75) is 32.8 Å². The fourth-order valence-corrected chi connectivity index (χ4v) is 1.81. The van der Waals surface area contributed by atoms with Gasteiger partial charge in [0.05, 0.1) is 12.2 Å². The van der Waals surface area contributed by atoms with E-state index in [1.165, 1.54) is 11.1 Å². The molecule has 1 rings (SSSR count). The molecule has 16 heavy (non-hydrogen) atoms. The molecule has 2 nitrogen and oxygen atoms in total. The first-order chi connectivity index (χ1) is 7.49. The third-order valence-electron chi connectivity index (χ3n) is 3.23. The third kappa shape index (κ3) is 3.06. The molecule has 0 radical (unpaired) electrons. The van der Waals surface area contributed by atoms with Gasteiger partial charge in [-0.05, 0) is 24.0 Å². The zero-order chi connectivity index (χ0) is 12.2. The van der Waals surface area contributed by atoms with Crippen molar-refractivity contribution in [1.29, 1.82) is 0 Å². The second kappa shape index (κ2) is 5.46. The maximum absolute atomic E-state index is 10.5. The number of rotatable bonds is 5. The van der Waals surface area contributed by atoms with E-state index in [1.54, 1.807) is 7.11 Å². The zero-order valence-electron chi connectivity index (χ0n) is 10.7. The summed E-state index contributed by atoms with van der Waals surface area (Å²) in [5.74, 6) is 0.173. The highest BCUT2D eigenvalue weighted by Gasteiger charge is 2.31. The molecular formula is C14H22O2. The number of benzene rings is 1. The molecule has 1 aromatic rings. The Morgan fingerprint density at radius 2 is 1.94 bits per heavy atom. The molecule has 0 spiro atoms. The van der Waals surface area contributed by atoms with E-state index < -0.39 is 5.60 Å². The van der Waals surface area contributed by atoms with Gasteiger partial charge in [0, 0.05) is 13.5 Å². The van der Waals surface area contributed by atoms with Gasteiger partial charge in [-0.1, -0.05) is 38.1 Å². The Morgan fingerprint density at radius 3 is 2.44 bits per heavy atom. The van der Waals surface area contributed by atoms with Crippen molar-refractivity contribution in [3.8, 4) is 0 Å². The molecular weight excluding hydrogens is 200 g/mol. The number of ether oxygens (including phenoxy) is 1. The molecule has 1 aromatic carbocycles. The van der Waals surface area contributed by atoms with Crippen LogP contribution in [-0.2, 0) is 11.2 Å². The van der Waals surface area contributed by atoms with E-state index in [-0.39, 0.29) is 5.92 Å². The first kappa shape index (κ1) is 13.2. The van der Waals surface area contributed by atoms with E-state index >= 15 is 0 Å². The lowest BCUT2D eigenvalue weighted by atomic mass is 9.84. The van der Waals surface area contributed by atoms with Crippen molar-refractivity contribution in [1.82, 2.24) is 0 Å². The predicted molar refractivity (Wildman–Crippen MR) is 66.5 cm³/mol. The third-order valence-corrected chi connectivity index (χ3v) is 3.23. The van der Waals surface area contributed by atoms with E-state index in [4.69, 9.17) is 4.74 Å². The lowest BCUT2D eigenvalue weighted by Crippen LogP contribution is -2.42. The van der Waals surface area contributed by atoms with E-state index in [2.05, 4.69) is 19.1 Å². The van der Waals surface area contributed by atoms with Crippen molar-refractivity contribution in [2.24, 2.45) is 5.92 Å². The second-order valence-corrected chi connectivity index (χ2v) is 4.79. The highest BCUT2D eigenvalue weighted by atomic mass is 16.5.